The third kappa shape index (κ3) is 1.68. The summed E-state index contributed by atoms with van der Waals surface area (Å²) in [5.74, 6) is 0.735. The minimum atomic E-state index is -0.0356. The fourth-order valence-corrected chi connectivity index (χ4v) is 3.02. The number of hydrogen-bond acceptors (Lipinski definition) is 4. The van der Waals surface area contributed by atoms with E-state index in [0.717, 1.165) is 11.3 Å². The van der Waals surface area contributed by atoms with Crippen LogP contribution >= 0.6 is 22.7 Å². The van der Waals surface area contributed by atoms with Crippen molar-refractivity contribution in [3.8, 4) is 0 Å². The third-order valence-electron chi connectivity index (χ3n) is 2.29. The maximum absolute atomic E-state index is 11.7. The van der Waals surface area contributed by atoms with Gasteiger partial charge in [0, 0.05) is 11.3 Å². The highest BCUT2D eigenvalue weighted by Gasteiger charge is 2.05. The highest BCUT2D eigenvalue weighted by Crippen LogP contribution is 2.16. The minimum Gasteiger partial charge on any atom is -0.309 e. The van der Waals surface area contributed by atoms with Crippen LogP contribution in [-0.2, 0) is 6.42 Å². The lowest BCUT2D eigenvalue weighted by atomic mass is 10.3. The van der Waals surface area contributed by atoms with E-state index in [1.165, 1.54) is 16.2 Å². The number of rotatable bonds is 2. The Hall–Kier alpha value is -1.46. The first kappa shape index (κ1) is 9.74. The monoisotopic (exact) mass is 248 g/mol. The molecule has 0 spiro atoms. The summed E-state index contributed by atoms with van der Waals surface area (Å²) in [5, 5.41) is 3.92. The van der Waals surface area contributed by atoms with Crippen molar-refractivity contribution in [2.45, 2.75) is 6.42 Å². The SMILES string of the molecule is O=c1[nH]c(Cc2cccs2)nc2ccsc12. The summed E-state index contributed by atoms with van der Waals surface area (Å²) in [6.07, 6.45) is 0.693. The van der Waals surface area contributed by atoms with E-state index in [1.807, 2.05) is 29.0 Å². The van der Waals surface area contributed by atoms with E-state index < -0.39 is 0 Å². The van der Waals surface area contributed by atoms with Gasteiger partial charge in [-0.25, -0.2) is 4.98 Å². The number of fused-ring (bicyclic) bond motifs is 1. The zero-order chi connectivity index (χ0) is 11.0. The smallest absolute Gasteiger partial charge is 0.268 e. The first-order valence-electron chi connectivity index (χ1n) is 4.82. The molecule has 3 nitrogen and oxygen atoms in total. The average Bonchev–Trinajstić information content (AvgIpc) is 2.87. The quantitative estimate of drug-likeness (QED) is 0.757. The summed E-state index contributed by atoms with van der Waals surface area (Å²) in [6, 6.07) is 5.93. The van der Waals surface area contributed by atoms with Crippen molar-refractivity contribution in [2.75, 3.05) is 0 Å². The highest BCUT2D eigenvalue weighted by atomic mass is 32.1. The Bertz CT molecular complexity index is 667. The fraction of sp³-hybridized carbons (Fsp3) is 0.0909. The maximum Gasteiger partial charge on any atom is 0.268 e. The predicted molar refractivity (Wildman–Crippen MR) is 67.4 cm³/mol. The molecule has 3 aromatic rings. The molecule has 0 aliphatic rings. The molecule has 80 valence electrons. The minimum absolute atomic E-state index is 0.0356. The van der Waals surface area contributed by atoms with Gasteiger partial charge in [-0.3, -0.25) is 4.79 Å². The number of thiophene rings is 2. The molecule has 1 N–H and O–H groups in total. The second kappa shape index (κ2) is 3.84. The van der Waals surface area contributed by atoms with Gasteiger partial charge in [-0.15, -0.1) is 22.7 Å². The summed E-state index contributed by atoms with van der Waals surface area (Å²) in [5.41, 5.74) is 0.756. The molecule has 0 aliphatic heterocycles. The summed E-state index contributed by atoms with van der Waals surface area (Å²) < 4.78 is 0.704. The van der Waals surface area contributed by atoms with Crippen LogP contribution in [0.4, 0.5) is 0 Å². The van der Waals surface area contributed by atoms with Crippen LogP contribution in [0.15, 0.2) is 33.8 Å². The zero-order valence-electron chi connectivity index (χ0n) is 8.27. The second-order valence-corrected chi connectivity index (χ2v) is 5.35. The topological polar surface area (TPSA) is 45.8 Å². The van der Waals surface area contributed by atoms with Crippen molar-refractivity contribution >= 4 is 32.9 Å². The molecular formula is C11H8N2OS2. The molecule has 5 heteroatoms. The van der Waals surface area contributed by atoms with E-state index in [1.54, 1.807) is 11.3 Å². The van der Waals surface area contributed by atoms with Gasteiger partial charge >= 0.3 is 0 Å². The van der Waals surface area contributed by atoms with Gasteiger partial charge in [-0.1, -0.05) is 6.07 Å². The lowest BCUT2D eigenvalue weighted by Gasteiger charge is -1.98. The van der Waals surface area contributed by atoms with Crippen LogP contribution in [0.2, 0.25) is 0 Å². The molecule has 3 heterocycles. The van der Waals surface area contributed by atoms with Gasteiger partial charge in [-0.2, -0.15) is 0 Å². The van der Waals surface area contributed by atoms with Gasteiger partial charge in [0.25, 0.3) is 5.56 Å². The fourth-order valence-electron chi connectivity index (χ4n) is 1.58. The van der Waals surface area contributed by atoms with Crippen molar-refractivity contribution < 1.29 is 0 Å². The van der Waals surface area contributed by atoms with Gasteiger partial charge in [0.05, 0.1) is 5.52 Å². The highest BCUT2D eigenvalue weighted by molar-refractivity contribution is 7.17. The molecule has 0 aliphatic carbocycles. The Morgan fingerprint density at radius 3 is 3.00 bits per heavy atom. The predicted octanol–water partition coefficient (Wildman–Crippen LogP) is 2.64. The molecule has 0 atom stereocenters. The van der Waals surface area contributed by atoms with Gasteiger partial charge in [-0.05, 0) is 22.9 Å². The molecular weight excluding hydrogens is 240 g/mol. The Balaban J connectivity index is 2.07. The molecule has 0 amide bonds. The zero-order valence-corrected chi connectivity index (χ0v) is 9.90. The molecule has 0 saturated heterocycles. The Kier molecular flexibility index (Phi) is 2.34. The lowest BCUT2D eigenvalue weighted by molar-refractivity contribution is 0.989. The summed E-state index contributed by atoms with van der Waals surface area (Å²) in [6.45, 7) is 0. The van der Waals surface area contributed by atoms with Crippen molar-refractivity contribution in [1.29, 1.82) is 0 Å². The number of aromatic nitrogens is 2. The molecule has 0 bridgehead atoms. The summed E-state index contributed by atoms with van der Waals surface area (Å²) in [7, 11) is 0. The molecule has 0 unspecified atom stereocenters. The van der Waals surface area contributed by atoms with Crippen molar-refractivity contribution in [3.05, 3.63) is 50.0 Å². The number of nitrogens with zero attached hydrogens (tertiary/aromatic N) is 1. The Labute approximate surface area is 99.4 Å². The summed E-state index contributed by atoms with van der Waals surface area (Å²) in [4.78, 5) is 20.2. The Morgan fingerprint density at radius 1 is 1.25 bits per heavy atom. The number of aromatic amines is 1. The first-order valence-corrected chi connectivity index (χ1v) is 6.57. The van der Waals surface area contributed by atoms with Crippen molar-refractivity contribution in [3.63, 3.8) is 0 Å². The van der Waals surface area contributed by atoms with Gasteiger partial charge in [0.2, 0.25) is 0 Å². The standard InChI is InChI=1S/C11H8N2OS2/c14-11-10-8(3-5-16-10)12-9(13-11)6-7-2-1-4-15-7/h1-5H,6H2,(H,12,13,14). The maximum atomic E-state index is 11.7. The van der Waals surface area contributed by atoms with Gasteiger partial charge in [0.15, 0.2) is 0 Å². The van der Waals surface area contributed by atoms with Gasteiger partial charge < -0.3 is 4.98 Å². The molecule has 16 heavy (non-hydrogen) atoms. The van der Waals surface area contributed by atoms with Gasteiger partial charge in [0.1, 0.15) is 10.5 Å². The lowest BCUT2D eigenvalue weighted by Crippen LogP contribution is -2.10. The van der Waals surface area contributed by atoms with E-state index in [0.29, 0.717) is 11.1 Å². The molecule has 0 radical (unpaired) electrons. The van der Waals surface area contributed by atoms with Crippen LogP contribution in [0.1, 0.15) is 10.7 Å². The van der Waals surface area contributed by atoms with Crippen molar-refractivity contribution in [1.82, 2.24) is 9.97 Å². The molecule has 0 saturated carbocycles. The molecule has 0 fully saturated rings. The van der Waals surface area contributed by atoms with Crippen LogP contribution in [0.25, 0.3) is 10.2 Å². The number of hydrogen-bond donors (Lipinski definition) is 1. The van der Waals surface area contributed by atoms with E-state index in [-0.39, 0.29) is 5.56 Å². The first-order chi connectivity index (χ1) is 7.83. The van der Waals surface area contributed by atoms with E-state index in [4.69, 9.17) is 0 Å². The Morgan fingerprint density at radius 2 is 2.19 bits per heavy atom. The van der Waals surface area contributed by atoms with Crippen LogP contribution in [0.5, 0.6) is 0 Å². The van der Waals surface area contributed by atoms with Crippen LogP contribution in [0, 0.1) is 0 Å². The average molecular weight is 248 g/mol. The van der Waals surface area contributed by atoms with Crippen molar-refractivity contribution in [2.24, 2.45) is 0 Å². The number of H-pyrrole nitrogens is 1. The summed E-state index contributed by atoms with van der Waals surface area (Å²) >= 11 is 3.10. The largest absolute Gasteiger partial charge is 0.309 e. The number of nitrogens with one attached hydrogen (secondary N) is 1. The van der Waals surface area contributed by atoms with E-state index in [9.17, 15) is 4.79 Å². The molecule has 3 aromatic heterocycles. The molecule has 0 aromatic carbocycles. The second-order valence-electron chi connectivity index (χ2n) is 3.40. The van der Waals surface area contributed by atoms with E-state index in [2.05, 4.69) is 9.97 Å². The van der Waals surface area contributed by atoms with Crippen LogP contribution < -0.4 is 5.56 Å². The van der Waals surface area contributed by atoms with Crippen LogP contribution in [-0.4, -0.2) is 9.97 Å². The van der Waals surface area contributed by atoms with Crippen LogP contribution in [0.3, 0.4) is 0 Å². The molecule has 3 rings (SSSR count). The normalized spacial score (nSPS) is 11.0. The van der Waals surface area contributed by atoms with E-state index >= 15 is 0 Å². The third-order valence-corrected chi connectivity index (χ3v) is 4.06.